The van der Waals surface area contributed by atoms with Crippen molar-refractivity contribution in [3.63, 3.8) is 0 Å². The number of anilines is 1. The van der Waals surface area contributed by atoms with Gasteiger partial charge in [0.25, 0.3) is 0 Å². The number of carbonyl (C=O) groups is 1. The largest absolute Gasteiger partial charge is 0.327 e. The number of aromatic nitrogens is 1. The van der Waals surface area contributed by atoms with Crippen LogP contribution in [-0.4, -0.2) is 36.1 Å². The van der Waals surface area contributed by atoms with E-state index in [1.165, 1.54) is 5.56 Å². The number of rotatable bonds is 5. The van der Waals surface area contributed by atoms with Crippen molar-refractivity contribution in [2.24, 2.45) is 0 Å². The predicted octanol–water partition coefficient (Wildman–Crippen LogP) is 3.20. The fourth-order valence-electron chi connectivity index (χ4n) is 2.18. The molecular formula is C17H21N3O. The molecular weight excluding hydrogens is 262 g/mol. The lowest BCUT2D eigenvalue weighted by atomic mass is 10.2. The lowest BCUT2D eigenvalue weighted by Gasteiger charge is -2.27. The summed E-state index contributed by atoms with van der Waals surface area (Å²) in [6.45, 7) is 3.33. The van der Waals surface area contributed by atoms with Crippen LogP contribution in [0.25, 0.3) is 0 Å². The average Bonchev–Trinajstić information content (AvgIpc) is 2.55. The van der Waals surface area contributed by atoms with Gasteiger partial charge in [0.1, 0.15) is 0 Å². The number of hydrogen-bond donors (Lipinski definition) is 0. The van der Waals surface area contributed by atoms with Crippen molar-refractivity contribution >= 4 is 11.7 Å². The van der Waals surface area contributed by atoms with Gasteiger partial charge in [0, 0.05) is 38.2 Å². The summed E-state index contributed by atoms with van der Waals surface area (Å²) in [6, 6.07) is 13.7. The minimum atomic E-state index is 0.0257. The monoisotopic (exact) mass is 283 g/mol. The third kappa shape index (κ3) is 4.05. The zero-order valence-electron chi connectivity index (χ0n) is 12.6. The van der Waals surface area contributed by atoms with Crippen LogP contribution in [0.5, 0.6) is 0 Å². The van der Waals surface area contributed by atoms with Gasteiger partial charge in [-0.1, -0.05) is 18.2 Å². The number of pyridine rings is 1. The van der Waals surface area contributed by atoms with Crippen LogP contribution >= 0.6 is 0 Å². The highest BCUT2D eigenvalue weighted by Gasteiger charge is 2.17. The third-order valence-electron chi connectivity index (χ3n) is 3.43. The van der Waals surface area contributed by atoms with Crippen LogP contribution in [0, 0.1) is 0 Å². The Morgan fingerprint density at radius 3 is 2.38 bits per heavy atom. The van der Waals surface area contributed by atoms with Crippen molar-refractivity contribution in [2.75, 3.05) is 25.0 Å². The van der Waals surface area contributed by atoms with Gasteiger partial charge in [0.05, 0.1) is 0 Å². The Labute approximate surface area is 126 Å². The molecule has 0 saturated heterocycles. The number of amides is 2. The SMILES string of the molecule is CCN(C(=O)N(C)CCc1ccncc1)c1ccccc1. The molecule has 0 aliphatic rings. The van der Waals surface area contributed by atoms with E-state index in [2.05, 4.69) is 4.98 Å². The summed E-state index contributed by atoms with van der Waals surface area (Å²) in [5.74, 6) is 0. The molecule has 1 aromatic carbocycles. The van der Waals surface area contributed by atoms with Crippen LogP contribution < -0.4 is 4.90 Å². The molecule has 0 bridgehead atoms. The Bertz CT molecular complexity index is 557. The van der Waals surface area contributed by atoms with Crippen molar-refractivity contribution < 1.29 is 4.79 Å². The summed E-state index contributed by atoms with van der Waals surface area (Å²) in [5.41, 5.74) is 2.12. The van der Waals surface area contributed by atoms with Gasteiger partial charge in [-0.15, -0.1) is 0 Å². The number of carbonyl (C=O) groups excluding carboxylic acids is 1. The molecule has 0 N–H and O–H groups in total. The predicted molar refractivity (Wildman–Crippen MR) is 85.4 cm³/mol. The number of hydrogen-bond acceptors (Lipinski definition) is 2. The maximum Gasteiger partial charge on any atom is 0.324 e. The molecule has 0 atom stereocenters. The lowest BCUT2D eigenvalue weighted by molar-refractivity contribution is 0.216. The maximum atomic E-state index is 12.5. The van der Waals surface area contributed by atoms with Crippen LogP contribution in [-0.2, 0) is 6.42 Å². The Kier molecular flexibility index (Phi) is 5.32. The van der Waals surface area contributed by atoms with Crippen molar-refractivity contribution in [1.82, 2.24) is 9.88 Å². The molecule has 4 heteroatoms. The molecule has 0 fully saturated rings. The summed E-state index contributed by atoms with van der Waals surface area (Å²) in [7, 11) is 1.84. The van der Waals surface area contributed by atoms with E-state index in [1.807, 2.05) is 56.4 Å². The molecule has 0 spiro atoms. The molecule has 2 rings (SSSR count). The van der Waals surface area contributed by atoms with Crippen molar-refractivity contribution in [3.05, 3.63) is 60.4 Å². The Morgan fingerprint density at radius 2 is 1.76 bits per heavy atom. The van der Waals surface area contributed by atoms with E-state index in [0.717, 1.165) is 12.1 Å². The topological polar surface area (TPSA) is 36.4 Å². The Balaban J connectivity index is 1.97. The van der Waals surface area contributed by atoms with E-state index >= 15 is 0 Å². The minimum absolute atomic E-state index is 0.0257. The highest BCUT2D eigenvalue weighted by atomic mass is 16.2. The second-order valence-electron chi connectivity index (χ2n) is 4.89. The van der Waals surface area contributed by atoms with Crippen molar-refractivity contribution in [3.8, 4) is 0 Å². The second kappa shape index (κ2) is 7.43. The number of benzene rings is 1. The molecule has 2 amide bonds. The summed E-state index contributed by atoms with van der Waals surface area (Å²) >= 11 is 0. The zero-order valence-corrected chi connectivity index (χ0v) is 12.6. The van der Waals surface area contributed by atoms with E-state index in [4.69, 9.17) is 0 Å². The molecule has 2 aromatic rings. The van der Waals surface area contributed by atoms with E-state index < -0.39 is 0 Å². The molecule has 0 unspecified atom stereocenters. The Morgan fingerprint density at radius 1 is 1.10 bits per heavy atom. The summed E-state index contributed by atoms with van der Waals surface area (Å²) < 4.78 is 0. The van der Waals surface area contributed by atoms with E-state index in [0.29, 0.717) is 13.1 Å². The van der Waals surface area contributed by atoms with Crippen LogP contribution in [0.1, 0.15) is 12.5 Å². The van der Waals surface area contributed by atoms with Gasteiger partial charge < -0.3 is 4.90 Å². The van der Waals surface area contributed by atoms with E-state index in [1.54, 1.807) is 22.2 Å². The van der Waals surface area contributed by atoms with Gasteiger partial charge in [0.2, 0.25) is 0 Å². The molecule has 0 saturated carbocycles. The van der Waals surface area contributed by atoms with Crippen molar-refractivity contribution in [1.29, 1.82) is 0 Å². The molecule has 0 aliphatic carbocycles. The van der Waals surface area contributed by atoms with Gasteiger partial charge in [-0.3, -0.25) is 9.88 Å². The highest BCUT2D eigenvalue weighted by Crippen LogP contribution is 2.14. The quantitative estimate of drug-likeness (QED) is 0.845. The standard InChI is InChI=1S/C17H21N3O/c1-3-20(16-7-5-4-6-8-16)17(21)19(2)14-11-15-9-12-18-13-10-15/h4-10,12-13H,3,11,14H2,1-2H3. The first-order valence-corrected chi connectivity index (χ1v) is 7.19. The van der Waals surface area contributed by atoms with Crippen LogP contribution in [0.2, 0.25) is 0 Å². The average molecular weight is 283 g/mol. The molecule has 21 heavy (non-hydrogen) atoms. The summed E-state index contributed by atoms with van der Waals surface area (Å²) in [5, 5.41) is 0. The van der Waals surface area contributed by atoms with Crippen LogP contribution in [0.4, 0.5) is 10.5 Å². The second-order valence-corrected chi connectivity index (χ2v) is 4.89. The summed E-state index contributed by atoms with van der Waals surface area (Å²) in [4.78, 5) is 20.1. The van der Waals surface area contributed by atoms with Crippen LogP contribution in [0.15, 0.2) is 54.9 Å². The minimum Gasteiger partial charge on any atom is -0.327 e. The fourth-order valence-corrected chi connectivity index (χ4v) is 2.18. The molecule has 1 aromatic heterocycles. The van der Waals surface area contributed by atoms with Gasteiger partial charge in [0.15, 0.2) is 0 Å². The maximum absolute atomic E-state index is 12.5. The van der Waals surface area contributed by atoms with Gasteiger partial charge >= 0.3 is 6.03 Å². The number of urea groups is 1. The first-order chi connectivity index (χ1) is 10.2. The first kappa shape index (κ1) is 15.0. The normalized spacial score (nSPS) is 10.2. The Hall–Kier alpha value is -2.36. The molecule has 1 heterocycles. The number of para-hydroxylation sites is 1. The van der Waals surface area contributed by atoms with E-state index in [9.17, 15) is 4.79 Å². The molecule has 4 nitrogen and oxygen atoms in total. The van der Waals surface area contributed by atoms with Gasteiger partial charge in [-0.25, -0.2) is 4.79 Å². The smallest absolute Gasteiger partial charge is 0.324 e. The zero-order chi connectivity index (χ0) is 15.1. The van der Waals surface area contributed by atoms with Crippen molar-refractivity contribution in [2.45, 2.75) is 13.3 Å². The number of likely N-dealkylation sites (N-methyl/N-ethyl adjacent to an activating group) is 1. The van der Waals surface area contributed by atoms with Crippen LogP contribution in [0.3, 0.4) is 0 Å². The summed E-state index contributed by atoms with van der Waals surface area (Å²) in [6.07, 6.45) is 4.38. The number of nitrogens with zero attached hydrogens (tertiary/aromatic N) is 3. The van der Waals surface area contributed by atoms with Gasteiger partial charge in [-0.05, 0) is 43.2 Å². The first-order valence-electron chi connectivity index (χ1n) is 7.19. The van der Waals surface area contributed by atoms with E-state index in [-0.39, 0.29) is 6.03 Å². The van der Waals surface area contributed by atoms with Gasteiger partial charge in [-0.2, -0.15) is 0 Å². The highest BCUT2D eigenvalue weighted by molar-refractivity contribution is 5.91. The third-order valence-corrected chi connectivity index (χ3v) is 3.43. The molecule has 0 aliphatic heterocycles. The lowest BCUT2D eigenvalue weighted by Crippen LogP contribution is -2.42. The molecule has 0 radical (unpaired) electrons. The molecule has 110 valence electrons. The fraction of sp³-hybridized carbons (Fsp3) is 0.294.